The first-order valence-electron chi connectivity index (χ1n) is 4.64. The number of hydrogen-bond donors (Lipinski definition) is 1. The summed E-state index contributed by atoms with van der Waals surface area (Å²) in [7, 11) is 0. The molecule has 0 spiro atoms. The van der Waals surface area contributed by atoms with Crippen molar-refractivity contribution < 1.29 is 14.6 Å². The standard InChI is InChI=1S/C10H18O3/c1-8(5-4-6-11)9-7-12-10(2,3)13-9/h4-5,8-9,11H,6-7H2,1-3H3/b5-4+/t8-,9+/m1/s1. The summed E-state index contributed by atoms with van der Waals surface area (Å²) < 4.78 is 11.1. The molecule has 2 atom stereocenters. The fourth-order valence-electron chi connectivity index (χ4n) is 1.37. The van der Waals surface area contributed by atoms with Crippen molar-refractivity contribution in [2.75, 3.05) is 13.2 Å². The summed E-state index contributed by atoms with van der Waals surface area (Å²) in [6, 6.07) is 0. The van der Waals surface area contributed by atoms with Crippen molar-refractivity contribution in [3.8, 4) is 0 Å². The molecule has 1 aliphatic heterocycles. The Morgan fingerprint density at radius 1 is 1.62 bits per heavy atom. The SMILES string of the molecule is C[C@H](/C=C/CO)[C@@H]1COC(C)(C)O1. The fraction of sp³-hybridized carbons (Fsp3) is 0.800. The molecule has 3 heteroatoms. The third kappa shape index (κ3) is 3.10. The van der Waals surface area contributed by atoms with Crippen LogP contribution < -0.4 is 0 Å². The normalized spacial score (nSPS) is 29.7. The number of aliphatic hydroxyl groups excluding tert-OH is 1. The van der Waals surface area contributed by atoms with Crippen molar-refractivity contribution in [2.45, 2.75) is 32.7 Å². The molecule has 0 unspecified atom stereocenters. The molecule has 3 nitrogen and oxygen atoms in total. The Balaban J connectivity index is 2.42. The van der Waals surface area contributed by atoms with Crippen LogP contribution in [0.4, 0.5) is 0 Å². The number of hydrogen-bond acceptors (Lipinski definition) is 3. The van der Waals surface area contributed by atoms with Gasteiger partial charge in [-0.25, -0.2) is 0 Å². The maximum absolute atomic E-state index is 8.60. The zero-order chi connectivity index (χ0) is 9.90. The van der Waals surface area contributed by atoms with E-state index < -0.39 is 5.79 Å². The highest BCUT2D eigenvalue weighted by atomic mass is 16.7. The van der Waals surface area contributed by atoms with Gasteiger partial charge in [0.1, 0.15) is 0 Å². The predicted molar refractivity (Wildman–Crippen MR) is 50.3 cm³/mol. The van der Waals surface area contributed by atoms with Crippen molar-refractivity contribution in [1.29, 1.82) is 0 Å². The summed E-state index contributed by atoms with van der Waals surface area (Å²) in [6.45, 7) is 6.60. The van der Waals surface area contributed by atoms with Crippen LogP contribution in [0, 0.1) is 5.92 Å². The summed E-state index contributed by atoms with van der Waals surface area (Å²) in [4.78, 5) is 0. The second kappa shape index (κ2) is 4.22. The quantitative estimate of drug-likeness (QED) is 0.676. The van der Waals surface area contributed by atoms with E-state index >= 15 is 0 Å². The largest absolute Gasteiger partial charge is 0.392 e. The van der Waals surface area contributed by atoms with E-state index in [1.165, 1.54) is 0 Å². The molecule has 1 aliphatic rings. The fourth-order valence-corrected chi connectivity index (χ4v) is 1.37. The molecule has 0 bridgehead atoms. The molecule has 1 heterocycles. The molecule has 0 saturated carbocycles. The van der Waals surface area contributed by atoms with Gasteiger partial charge in [0.2, 0.25) is 0 Å². The lowest BCUT2D eigenvalue weighted by molar-refractivity contribution is -0.141. The van der Waals surface area contributed by atoms with E-state index in [4.69, 9.17) is 14.6 Å². The van der Waals surface area contributed by atoms with Crippen LogP contribution in [0.1, 0.15) is 20.8 Å². The summed E-state index contributed by atoms with van der Waals surface area (Å²) in [6.07, 6.45) is 3.80. The van der Waals surface area contributed by atoms with E-state index in [1.54, 1.807) is 6.08 Å². The van der Waals surface area contributed by atoms with Crippen LogP contribution in [-0.4, -0.2) is 30.2 Å². The van der Waals surface area contributed by atoms with Gasteiger partial charge in [0, 0.05) is 5.92 Å². The maximum Gasteiger partial charge on any atom is 0.163 e. The van der Waals surface area contributed by atoms with Crippen molar-refractivity contribution in [3.63, 3.8) is 0 Å². The molecular formula is C10H18O3. The van der Waals surface area contributed by atoms with Crippen LogP contribution in [-0.2, 0) is 9.47 Å². The van der Waals surface area contributed by atoms with Gasteiger partial charge >= 0.3 is 0 Å². The third-order valence-electron chi connectivity index (χ3n) is 2.16. The molecule has 1 saturated heterocycles. The van der Waals surface area contributed by atoms with Gasteiger partial charge in [-0.3, -0.25) is 0 Å². The molecular weight excluding hydrogens is 168 g/mol. The molecule has 0 aromatic carbocycles. The molecule has 0 aromatic heterocycles. The lowest BCUT2D eigenvalue weighted by Gasteiger charge is -2.19. The molecule has 0 amide bonds. The Kier molecular flexibility index (Phi) is 3.47. The first-order valence-corrected chi connectivity index (χ1v) is 4.64. The van der Waals surface area contributed by atoms with Crippen molar-refractivity contribution >= 4 is 0 Å². The summed E-state index contributed by atoms with van der Waals surface area (Å²) >= 11 is 0. The van der Waals surface area contributed by atoms with E-state index in [-0.39, 0.29) is 18.6 Å². The molecule has 76 valence electrons. The highest BCUT2D eigenvalue weighted by Crippen LogP contribution is 2.26. The number of rotatable bonds is 3. The van der Waals surface area contributed by atoms with Crippen LogP contribution in [0.15, 0.2) is 12.2 Å². The minimum absolute atomic E-state index is 0.0846. The molecule has 1 N–H and O–H groups in total. The zero-order valence-corrected chi connectivity index (χ0v) is 8.49. The second-order valence-corrected chi connectivity index (χ2v) is 3.84. The van der Waals surface area contributed by atoms with Gasteiger partial charge in [-0.15, -0.1) is 0 Å². The summed E-state index contributed by atoms with van der Waals surface area (Å²) in [5, 5.41) is 8.60. The summed E-state index contributed by atoms with van der Waals surface area (Å²) in [5.41, 5.74) is 0. The van der Waals surface area contributed by atoms with E-state index in [0.29, 0.717) is 6.61 Å². The zero-order valence-electron chi connectivity index (χ0n) is 8.49. The minimum atomic E-state index is -0.452. The van der Waals surface area contributed by atoms with Crippen molar-refractivity contribution in [2.24, 2.45) is 5.92 Å². The Labute approximate surface area is 79.3 Å². The van der Waals surface area contributed by atoms with Gasteiger partial charge in [0.05, 0.1) is 19.3 Å². The first-order chi connectivity index (χ1) is 6.05. The van der Waals surface area contributed by atoms with Gasteiger partial charge in [-0.2, -0.15) is 0 Å². The summed E-state index contributed by atoms with van der Waals surface area (Å²) in [5.74, 6) is -0.166. The topological polar surface area (TPSA) is 38.7 Å². The Morgan fingerprint density at radius 2 is 2.31 bits per heavy atom. The van der Waals surface area contributed by atoms with Crippen LogP contribution in [0.3, 0.4) is 0 Å². The average Bonchev–Trinajstić information content (AvgIpc) is 2.42. The monoisotopic (exact) mass is 186 g/mol. The Hall–Kier alpha value is -0.380. The van der Waals surface area contributed by atoms with Crippen molar-refractivity contribution in [3.05, 3.63) is 12.2 Å². The van der Waals surface area contributed by atoms with Gasteiger partial charge < -0.3 is 14.6 Å². The van der Waals surface area contributed by atoms with Gasteiger partial charge in [-0.05, 0) is 13.8 Å². The van der Waals surface area contributed by atoms with Crippen LogP contribution >= 0.6 is 0 Å². The predicted octanol–water partition coefficient (Wildman–Crippen LogP) is 1.32. The molecule has 0 aliphatic carbocycles. The minimum Gasteiger partial charge on any atom is -0.392 e. The van der Waals surface area contributed by atoms with Gasteiger partial charge in [0.15, 0.2) is 5.79 Å². The van der Waals surface area contributed by atoms with Gasteiger partial charge in [0.25, 0.3) is 0 Å². The van der Waals surface area contributed by atoms with Crippen LogP contribution in [0.5, 0.6) is 0 Å². The number of aliphatic hydroxyl groups is 1. The second-order valence-electron chi connectivity index (χ2n) is 3.84. The van der Waals surface area contributed by atoms with Crippen molar-refractivity contribution in [1.82, 2.24) is 0 Å². The molecule has 13 heavy (non-hydrogen) atoms. The smallest absolute Gasteiger partial charge is 0.163 e. The van der Waals surface area contributed by atoms with E-state index in [9.17, 15) is 0 Å². The molecule has 0 aromatic rings. The third-order valence-corrected chi connectivity index (χ3v) is 2.16. The molecule has 0 radical (unpaired) electrons. The van der Waals surface area contributed by atoms with E-state index in [2.05, 4.69) is 6.92 Å². The number of ether oxygens (including phenoxy) is 2. The van der Waals surface area contributed by atoms with Crippen LogP contribution in [0.25, 0.3) is 0 Å². The highest BCUT2D eigenvalue weighted by molar-refractivity contribution is 4.91. The molecule has 1 fully saturated rings. The maximum atomic E-state index is 8.60. The lowest BCUT2D eigenvalue weighted by Crippen LogP contribution is -2.24. The Bertz CT molecular complexity index is 187. The molecule has 1 rings (SSSR count). The van der Waals surface area contributed by atoms with Crippen LogP contribution in [0.2, 0.25) is 0 Å². The van der Waals surface area contributed by atoms with E-state index in [1.807, 2.05) is 19.9 Å². The van der Waals surface area contributed by atoms with E-state index in [0.717, 1.165) is 0 Å². The first kappa shape index (κ1) is 10.7. The average molecular weight is 186 g/mol. The highest BCUT2D eigenvalue weighted by Gasteiger charge is 2.34. The Morgan fingerprint density at radius 3 is 2.77 bits per heavy atom. The lowest BCUT2D eigenvalue weighted by atomic mass is 10.1. The van der Waals surface area contributed by atoms with Gasteiger partial charge in [-0.1, -0.05) is 19.1 Å².